The Kier molecular flexibility index (Phi) is 5.04. The molecular weight excluding hydrogens is 352 g/mol. The van der Waals surface area contributed by atoms with Gasteiger partial charge in [-0.05, 0) is 50.2 Å². The molecule has 0 aliphatic carbocycles. The molecule has 26 heavy (non-hydrogen) atoms. The third-order valence-electron chi connectivity index (χ3n) is 4.01. The summed E-state index contributed by atoms with van der Waals surface area (Å²) in [5, 5.41) is 15.6. The minimum Gasteiger partial charge on any atom is -0.318 e. The molecule has 6 nitrogen and oxygen atoms in total. The molecule has 1 aromatic heterocycles. The number of benzene rings is 2. The molecule has 3 rings (SSSR count). The third-order valence-corrected chi connectivity index (χ3v) is 4.25. The summed E-state index contributed by atoms with van der Waals surface area (Å²) in [6, 6.07) is 15.8. The first kappa shape index (κ1) is 17.7. The van der Waals surface area contributed by atoms with E-state index in [2.05, 4.69) is 15.1 Å². The molecule has 3 aromatic rings. The summed E-state index contributed by atoms with van der Waals surface area (Å²) < 4.78 is 2.11. The van der Waals surface area contributed by atoms with Crippen LogP contribution in [0.15, 0.2) is 59.7 Å². The zero-order valence-electron chi connectivity index (χ0n) is 14.3. The highest BCUT2D eigenvalue weighted by molar-refractivity contribution is 6.30. The topological polar surface area (TPSA) is 72.5 Å². The number of halogens is 1. The van der Waals surface area contributed by atoms with Crippen molar-refractivity contribution in [1.82, 2.24) is 4.57 Å². The van der Waals surface area contributed by atoms with E-state index in [0.717, 1.165) is 22.6 Å². The molecule has 0 spiro atoms. The lowest BCUT2D eigenvalue weighted by Crippen LogP contribution is -1.99. The summed E-state index contributed by atoms with van der Waals surface area (Å²) in [4.78, 5) is 10.2. The number of hydrogen-bond acceptors (Lipinski definition) is 4. The molecule has 0 radical (unpaired) electrons. The molecule has 0 saturated carbocycles. The Hall–Kier alpha value is -3.12. The number of hydrazone groups is 1. The highest BCUT2D eigenvalue weighted by Crippen LogP contribution is 2.22. The summed E-state index contributed by atoms with van der Waals surface area (Å²) in [6.07, 6.45) is 1.73. The Labute approximate surface area is 155 Å². The van der Waals surface area contributed by atoms with Crippen molar-refractivity contribution in [2.45, 2.75) is 13.8 Å². The van der Waals surface area contributed by atoms with Crippen molar-refractivity contribution in [2.24, 2.45) is 5.10 Å². The van der Waals surface area contributed by atoms with Gasteiger partial charge < -0.3 is 4.57 Å². The van der Waals surface area contributed by atoms with Gasteiger partial charge in [-0.2, -0.15) is 5.10 Å². The summed E-state index contributed by atoms with van der Waals surface area (Å²) in [5.74, 6) is 0. The van der Waals surface area contributed by atoms with Crippen molar-refractivity contribution in [2.75, 3.05) is 5.43 Å². The normalized spacial score (nSPS) is 11.0. The van der Waals surface area contributed by atoms with Crippen LogP contribution in [-0.4, -0.2) is 15.7 Å². The van der Waals surface area contributed by atoms with Crippen LogP contribution in [0.5, 0.6) is 0 Å². The number of nitro benzene ring substituents is 1. The molecule has 0 aliphatic rings. The standard InChI is InChI=1S/C19H17ClN4O2/c1-13-10-15(14(2)23(13)19-5-3-4-16(20)11-19)12-21-22-17-6-8-18(9-7-17)24(25)26/h3-12,22H,1-2H3/b21-12-. The van der Waals surface area contributed by atoms with Gasteiger partial charge in [-0.3, -0.25) is 15.5 Å². The molecule has 0 unspecified atom stereocenters. The van der Waals surface area contributed by atoms with E-state index in [4.69, 9.17) is 11.6 Å². The fraction of sp³-hybridized carbons (Fsp3) is 0.105. The van der Waals surface area contributed by atoms with Crippen LogP contribution in [0, 0.1) is 24.0 Å². The van der Waals surface area contributed by atoms with E-state index in [1.165, 1.54) is 12.1 Å². The van der Waals surface area contributed by atoms with Gasteiger partial charge in [-0.25, -0.2) is 0 Å². The Morgan fingerprint density at radius 3 is 2.54 bits per heavy atom. The van der Waals surface area contributed by atoms with Crippen LogP contribution in [0.1, 0.15) is 17.0 Å². The van der Waals surface area contributed by atoms with E-state index in [9.17, 15) is 10.1 Å². The maximum absolute atomic E-state index is 10.7. The third kappa shape index (κ3) is 3.75. The fourth-order valence-electron chi connectivity index (χ4n) is 2.76. The van der Waals surface area contributed by atoms with Gasteiger partial charge in [0.15, 0.2) is 0 Å². The van der Waals surface area contributed by atoms with E-state index in [0.29, 0.717) is 10.7 Å². The first-order valence-corrected chi connectivity index (χ1v) is 8.32. The summed E-state index contributed by atoms with van der Waals surface area (Å²) in [5.41, 5.74) is 7.68. The minimum atomic E-state index is -0.433. The fourth-order valence-corrected chi connectivity index (χ4v) is 2.95. The van der Waals surface area contributed by atoms with E-state index >= 15 is 0 Å². The number of aromatic nitrogens is 1. The van der Waals surface area contributed by atoms with Crippen LogP contribution >= 0.6 is 11.6 Å². The van der Waals surface area contributed by atoms with E-state index in [1.807, 2.05) is 44.2 Å². The molecule has 0 aliphatic heterocycles. The van der Waals surface area contributed by atoms with Gasteiger partial charge in [0.05, 0.1) is 16.8 Å². The molecule has 0 bridgehead atoms. The number of anilines is 1. The predicted molar refractivity (Wildman–Crippen MR) is 105 cm³/mol. The average molecular weight is 369 g/mol. The quantitative estimate of drug-likeness (QED) is 0.386. The number of nitrogens with one attached hydrogen (secondary N) is 1. The molecule has 0 fully saturated rings. The zero-order chi connectivity index (χ0) is 18.7. The molecule has 132 valence electrons. The molecule has 1 N–H and O–H groups in total. The monoisotopic (exact) mass is 368 g/mol. The molecule has 0 atom stereocenters. The maximum Gasteiger partial charge on any atom is 0.269 e. The van der Waals surface area contributed by atoms with Gasteiger partial charge in [-0.1, -0.05) is 17.7 Å². The van der Waals surface area contributed by atoms with Gasteiger partial charge in [0.25, 0.3) is 5.69 Å². The Morgan fingerprint density at radius 1 is 1.15 bits per heavy atom. The lowest BCUT2D eigenvalue weighted by Gasteiger charge is -2.09. The van der Waals surface area contributed by atoms with Gasteiger partial charge in [-0.15, -0.1) is 0 Å². The van der Waals surface area contributed by atoms with Crippen LogP contribution in [0.3, 0.4) is 0 Å². The number of nitrogens with zero attached hydrogens (tertiary/aromatic N) is 3. The predicted octanol–water partition coefficient (Wildman–Crippen LogP) is 5.10. The van der Waals surface area contributed by atoms with Crippen LogP contribution in [-0.2, 0) is 0 Å². The van der Waals surface area contributed by atoms with Crippen molar-refractivity contribution in [1.29, 1.82) is 0 Å². The maximum atomic E-state index is 10.7. The van der Waals surface area contributed by atoms with Crippen molar-refractivity contribution >= 4 is 29.2 Å². The minimum absolute atomic E-state index is 0.0459. The van der Waals surface area contributed by atoms with Gasteiger partial charge >= 0.3 is 0 Å². The Balaban J connectivity index is 1.79. The Morgan fingerprint density at radius 2 is 1.88 bits per heavy atom. The molecule has 0 saturated heterocycles. The van der Waals surface area contributed by atoms with E-state index in [1.54, 1.807) is 18.3 Å². The lowest BCUT2D eigenvalue weighted by molar-refractivity contribution is -0.384. The zero-order valence-corrected chi connectivity index (χ0v) is 15.1. The van der Waals surface area contributed by atoms with Crippen LogP contribution in [0.25, 0.3) is 5.69 Å². The summed E-state index contributed by atoms with van der Waals surface area (Å²) in [7, 11) is 0. The number of nitro groups is 1. The highest BCUT2D eigenvalue weighted by atomic mass is 35.5. The molecular formula is C19H17ClN4O2. The SMILES string of the molecule is Cc1cc(/C=N\Nc2ccc([N+](=O)[O-])cc2)c(C)n1-c1cccc(Cl)c1. The second kappa shape index (κ2) is 7.41. The van der Waals surface area contributed by atoms with Gasteiger partial charge in [0.2, 0.25) is 0 Å². The van der Waals surface area contributed by atoms with Gasteiger partial charge in [0.1, 0.15) is 0 Å². The van der Waals surface area contributed by atoms with Crippen LogP contribution in [0.2, 0.25) is 5.02 Å². The van der Waals surface area contributed by atoms with Gasteiger partial charge in [0, 0.05) is 39.8 Å². The van der Waals surface area contributed by atoms with Crippen molar-refractivity contribution in [3.8, 4) is 5.69 Å². The van der Waals surface area contributed by atoms with Crippen molar-refractivity contribution in [3.63, 3.8) is 0 Å². The molecule has 2 aromatic carbocycles. The largest absolute Gasteiger partial charge is 0.318 e. The first-order valence-electron chi connectivity index (χ1n) is 7.94. The number of non-ortho nitro benzene ring substituents is 1. The highest BCUT2D eigenvalue weighted by Gasteiger charge is 2.09. The summed E-state index contributed by atoms with van der Waals surface area (Å²) in [6.45, 7) is 4.04. The average Bonchev–Trinajstić information content (AvgIpc) is 2.89. The summed E-state index contributed by atoms with van der Waals surface area (Å²) >= 11 is 6.10. The number of aryl methyl sites for hydroxylation is 1. The van der Waals surface area contributed by atoms with Crippen molar-refractivity contribution < 1.29 is 4.92 Å². The lowest BCUT2D eigenvalue weighted by atomic mass is 10.2. The number of hydrogen-bond donors (Lipinski definition) is 1. The van der Waals surface area contributed by atoms with Crippen molar-refractivity contribution in [3.05, 3.63) is 86.7 Å². The Bertz CT molecular complexity index is 978. The molecule has 0 amide bonds. The molecule has 7 heteroatoms. The number of rotatable bonds is 5. The second-order valence-corrected chi connectivity index (χ2v) is 6.25. The second-order valence-electron chi connectivity index (χ2n) is 5.82. The van der Waals surface area contributed by atoms with Crippen LogP contribution in [0.4, 0.5) is 11.4 Å². The van der Waals surface area contributed by atoms with Crippen LogP contribution < -0.4 is 5.43 Å². The molecule has 1 heterocycles. The smallest absolute Gasteiger partial charge is 0.269 e. The van der Waals surface area contributed by atoms with E-state index in [-0.39, 0.29) is 5.69 Å². The first-order chi connectivity index (χ1) is 12.5. The van der Waals surface area contributed by atoms with E-state index < -0.39 is 4.92 Å².